The van der Waals surface area contributed by atoms with Crippen LogP contribution in [0.25, 0.3) is 11.3 Å². The summed E-state index contributed by atoms with van der Waals surface area (Å²) in [6, 6.07) is 3.42. The van der Waals surface area contributed by atoms with E-state index in [2.05, 4.69) is 14.7 Å². The van der Waals surface area contributed by atoms with Crippen LogP contribution in [0, 0.1) is 0 Å². The van der Waals surface area contributed by atoms with Crippen molar-refractivity contribution in [3.63, 3.8) is 0 Å². The van der Waals surface area contributed by atoms with E-state index in [1.807, 2.05) is 0 Å². The number of rotatable bonds is 3. The summed E-state index contributed by atoms with van der Waals surface area (Å²) in [4.78, 5) is 19.8. The zero-order chi connectivity index (χ0) is 13.2. The van der Waals surface area contributed by atoms with E-state index in [1.165, 1.54) is 13.5 Å². The van der Waals surface area contributed by atoms with Gasteiger partial charge in [-0.3, -0.25) is 0 Å². The summed E-state index contributed by atoms with van der Waals surface area (Å²) < 4.78 is 10.1. The number of ether oxygens (including phenoxy) is 1. The van der Waals surface area contributed by atoms with Gasteiger partial charge in [-0.1, -0.05) is 6.42 Å². The molecular weight excluding hydrogens is 244 g/mol. The maximum atomic E-state index is 11.3. The summed E-state index contributed by atoms with van der Waals surface area (Å²) >= 11 is 0. The molecule has 2 aromatic heterocycles. The number of aromatic nitrogens is 2. The first kappa shape index (κ1) is 11.9. The molecule has 1 aliphatic carbocycles. The van der Waals surface area contributed by atoms with E-state index in [0.29, 0.717) is 5.92 Å². The lowest BCUT2D eigenvalue weighted by Gasteiger charge is -2.21. The Morgan fingerprint density at radius 3 is 2.84 bits per heavy atom. The van der Waals surface area contributed by atoms with Crippen molar-refractivity contribution in [2.45, 2.75) is 25.2 Å². The molecule has 0 bridgehead atoms. The molecule has 0 spiro atoms. The average Bonchev–Trinajstić information content (AvgIpc) is 2.85. The molecule has 0 atom stereocenters. The van der Waals surface area contributed by atoms with Crippen molar-refractivity contribution in [2.24, 2.45) is 0 Å². The molecule has 0 unspecified atom stereocenters. The molecule has 5 nitrogen and oxygen atoms in total. The van der Waals surface area contributed by atoms with E-state index in [4.69, 9.17) is 4.42 Å². The van der Waals surface area contributed by atoms with Crippen LogP contribution < -0.4 is 0 Å². The number of nitrogens with zero attached hydrogens (tertiary/aromatic N) is 2. The van der Waals surface area contributed by atoms with Gasteiger partial charge in [0.25, 0.3) is 0 Å². The molecule has 2 aromatic rings. The molecule has 0 radical (unpaired) electrons. The lowest BCUT2D eigenvalue weighted by atomic mass is 9.85. The van der Waals surface area contributed by atoms with E-state index >= 15 is 0 Å². The predicted octanol–water partition coefficient (Wildman–Crippen LogP) is 2.79. The van der Waals surface area contributed by atoms with E-state index in [0.717, 1.165) is 30.0 Å². The molecule has 3 rings (SSSR count). The summed E-state index contributed by atoms with van der Waals surface area (Å²) in [6.07, 6.45) is 6.80. The second-order valence-electron chi connectivity index (χ2n) is 4.62. The van der Waals surface area contributed by atoms with Crippen LogP contribution in [0.4, 0.5) is 0 Å². The van der Waals surface area contributed by atoms with Crippen molar-refractivity contribution < 1.29 is 13.9 Å². The minimum absolute atomic E-state index is 0.286. The van der Waals surface area contributed by atoms with Crippen LogP contribution >= 0.6 is 0 Å². The number of oxazole rings is 1. The Labute approximate surface area is 110 Å². The SMILES string of the molecule is COC(=O)c1ccc(-c2coc(C3CCC3)n2)cn1. The maximum absolute atomic E-state index is 11.3. The molecule has 5 heteroatoms. The Kier molecular flexibility index (Phi) is 3.03. The second-order valence-corrected chi connectivity index (χ2v) is 4.62. The van der Waals surface area contributed by atoms with Crippen LogP contribution in [0.1, 0.15) is 41.6 Å². The predicted molar refractivity (Wildman–Crippen MR) is 67.7 cm³/mol. The van der Waals surface area contributed by atoms with E-state index in [-0.39, 0.29) is 5.69 Å². The number of methoxy groups -OCH3 is 1. The molecule has 1 aliphatic rings. The van der Waals surface area contributed by atoms with Crippen molar-refractivity contribution in [2.75, 3.05) is 7.11 Å². The number of hydrogen-bond donors (Lipinski definition) is 0. The van der Waals surface area contributed by atoms with Gasteiger partial charge in [-0.05, 0) is 25.0 Å². The highest BCUT2D eigenvalue weighted by atomic mass is 16.5. The van der Waals surface area contributed by atoms with E-state index < -0.39 is 5.97 Å². The number of hydrogen-bond acceptors (Lipinski definition) is 5. The van der Waals surface area contributed by atoms with Gasteiger partial charge in [0.2, 0.25) is 0 Å². The lowest BCUT2D eigenvalue weighted by molar-refractivity contribution is 0.0594. The normalized spacial score (nSPS) is 15.0. The first-order valence-electron chi connectivity index (χ1n) is 6.28. The standard InChI is InChI=1S/C14H14N2O3/c1-18-14(17)11-6-5-10(7-15-11)12-8-19-13(16-12)9-3-2-4-9/h5-9H,2-4H2,1H3. The van der Waals surface area contributed by atoms with Crippen molar-refractivity contribution in [3.8, 4) is 11.3 Å². The van der Waals surface area contributed by atoms with Crippen LogP contribution in [-0.4, -0.2) is 23.0 Å². The minimum atomic E-state index is -0.443. The van der Waals surface area contributed by atoms with Crippen LogP contribution in [0.15, 0.2) is 29.0 Å². The third-order valence-electron chi connectivity index (χ3n) is 3.43. The average molecular weight is 258 g/mol. The Morgan fingerprint density at radius 2 is 2.26 bits per heavy atom. The molecule has 0 aliphatic heterocycles. The van der Waals surface area contributed by atoms with Crippen molar-refractivity contribution in [1.82, 2.24) is 9.97 Å². The highest BCUT2D eigenvalue weighted by molar-refractivity contribution is 5.87. The van der Waals surface area contributed by atoms with Gasteiger partial charge < -0.3 is 9.15 Å². The van der Waals surface area contributed by atoms with Gasteiger partial charge in [0.05, 0.1) is 7.11 Å². The van der Waals surface area contributed by atoms with Gasteiger partial charge in [-0.25, -0.2) is 14.8 Å². The first-order chi connectivity index (χ1) is 9.28. The minimum Gasteiger partial charge on any atom is -0.464 e. The number of carbonyl (C=O) groups is 1. The fourth-order valence-corrected chi connectivity index (χ4v) is 2.03. The molecule has 98 valence electrons. The van der Waals surface area contributed by atoms with E-state index in [9.17, 15) is 4.79 Å². The van der Waals surface area contributed by atoms with Gasteiger partial charge in [0.1, 0.15) is 17.7 Å². The number of esters is 1. The summed E-state index contributed by atoms with van der Waals surface area (Å²) in [5.74, 6) is 0.830. The highest BCUT2D eigenvalue weighted by Gasteiger charge is 2.24. The van der Waals surface area contributed by atoms with Crippen LogP contribution in [0.5, 0.6) is 0 Å². The van der Waals surface area contributed by atoms with Crippen LogP contribution in [-0.2, 0) is 4.74 Å². The van der Waals surface area contributed by atoms with Crippen molar-refractivity contribution in [1.29, 1.82) is 0 Å². The van der Waals surface area contributed by atoms with Gasteiger partial charge in [-0.15, -0.1) is 0 Å². The molecule has 1 fully saturated rings. The topological polar surface area (TPSA) is 65.2 Å². The quantitative estimate of drug-likeness (QED) is 0.792. The first-order valence-corrected chi connectivity index (χ1v) is 6.28. The summed E-state index contributed by atoms with van der Waals surface area (Å²) in [5, 5.41) is 0. The van der Waals surface area contributed by atoms with Gasteiger partial charge >= 0.3 is 5.97 Å². The number of pyridine rings is 1. The second kappa shape index (κ2) is 4.84. The summed E-state index contributed by atoms with van der Waals surface area (Å²) in [7, 11) is 1.33. The van der Waals surface area contributed by atoms with E-state index in [1.54, 1.807) is 24.6 Å². The molecule has 19 heavy (non-hydrogen) atoms. The van der Waals surface area contributed by atoms with Crippen LogP contribution in [0.3, 0.4) is 0 Å². The molecule has 2 heterocycles. The Balaban J connectivity index is 1.81. The maximum Gasteiger partial charge on any atom is 0.356 e. The molecule has 0 aromatic carbocycles. The Bertz CT molecular complexity index is 585. The highest BCUT2D eigenvalue weighted by Crippen LogP contribution is 2.36. The summed E-state index contributed by atoms with van der Waals surface area (Å²) in [5.41, 5.74) is 1.88. The fourth-order valence-electron chi connectivity index (χ4n) is 2.03. The Morgan fingerprint density at radius 1 is 1.42 bits per heavy atom. The molecule has 0 saturated heterocycles. The zero-order valence-corrected chi connectivity index (χ0v) is 10.6. The smallest absolute Gasteiger partial charge is 0.356 e. The third-order valence-corrected chi connectivity index (χ3v) is 3.43. The lowest BCUT2D eigenvalue weighted by Crippen LogP contribution is -2.08. The molecular formula is C14H14N2O3. The Hall–Kier alpha value is -2.17. The largest absolute Gasteiger partial charge is 0.464 e. The zero-order valence-electron chi connectivity index (χ0n) is 10.6. The van der Waals surface area contributed by atoms with Gasteiger partial charge in [0.15, 0.2) is 5.89 Å². The van der Waals surface area contributed by atoms with Gasteiger partial charge in [-0.2, -0.15) is 0 Å². The van der Waals surface area contributed by atoms with Crippen molar-refractivity contribution in [3.05, 3.63) is 36.2 Å². The summed E-state index contributed by atoms with van der Waals surface area (Å²) in [6.45, 7) is 0. The number of carbonyl (C=O) groups excluding carboxylic acids is 1. The third kappa shape index (κ3) is 2.23. The van der Waals surface area contributed by atoms with Crippen LogP contribution in [0.2, 0.25) is 0 Å². The molecule has 0 N–H and O–H groups in total. The van der Waals surface area contributed by atoms with Crippen molar-refractivity contribution >= 4 is 5.97 Å². The molecule has 1 saturated carbocycles. The van der Waals surface area contributed by atoms with Gasteiger partial charge in [0, 0.05) is 17.7 Å². The molecule has 0 amide bonds. The monoisotopic (exact) mass is 258 g/mol. The fraction of sp³-hybridized carbons (Fsp3) is 0.357.